The van der Waals surface area contributed by atoms with E-state index >= 15 is 0 Å². The maximum Gasteiger partial charge on any atom is 0.110 e. The van der Waals surface area contributed by atoms with Crippen LogP contribution in [-0.4, -0.2) is 36.6 Å². The van der Waals surface area contributed by atoms with E-state index < -0.39 is 0 Å². The minimum atomic E-state index is 0.522. The Labute approximate surface area is 121 Å². The molecule has 19 heavy (non-hydrogen) atoms. The molecule has 1 aromatic rings. The fourth-order valence-corrected chi connectivity index (χ4v) is 4.22. The molecule has 0 aliphatic carbocycles. The second-order valence-corrected chi connectivity index (χ2v) is 6.51. The molecule has 0 spiro atoms. The van der Waals surface area contributed by atoms with E-state index in [4.69, 9.17) is 4.98 Å². The van der Waals surface area contributed by atoms with Crippen molar-refractivity contribution >= 4 is 11.3 Å². The fourth-order valence-electron chi connectivity index (χ4n) is 3.20. The summed E-state index contributed by atoms with van der Waals surface area (Å²) in [5.74, 6) is 0.699. The molecular weight excluding hydrogens is 254 g/mol. The zero-order valence-corrected chi connectivity index (χ0v) is 13.3. The second-order valence-electron chi connectivity index (χ2n) is 5.62. The Morgan fingerprint density at radius 2 is 2.32 bits per heavy atom. The van der Waals surface area contributed by atoms with Crippen molar-refractivity contribution < 1.29 is 0 Å². The minimum absolute atomic E-state index is 0.522. The van der Waals surface area contributed by atoms with Crippen LogP contribution in [0.25, 0.3) is 0 Å². The van der Waals surface area contributed by atoms with E-state index in [0.717, 1.165) is 6.54 Å². The third-order valence-corrected chi connectivity index (χ3v) is 5.01. The van der Waals surface area contributed by atoms with Crippen LogP contribution in [0.5, 0.6) is 0 Å². The molecule has 0 aromatic carbocycles. The molecule has 1 fully saturated rings. The molecule has 0 saturated carbocycles. The van der Waals surface area contributed by atoms with Gasteiger partial charge in [-0.15, -0.1) is 11.3 Å². The Kier molecular flexibility index (Phi) is 5.79. The van der Waals surface area contributed by atoms with Crippen molar-refractivity contribution in [3.8, 4) is 0 Å². The Morgan fingerprint density at radius 3 is 2.95 bits per heavy atom. The van der Waals surface area contributed by atoms with E-state index in [1.54, 1.807) is 0 Å². The van der Waals surface area contributed by atoms with Gasteiger partial charge in [-0.3, -0.25) is 4.90 Å². The van der Waals surface area contributed by atoms with Crippen LogP contribution in [0.3, 0.4) is 0 Å². The van der Waals surface area contributed by atoms with Crippen LogP contribution in [0.2, 0.25) is 0 Å². The average Bonchev–Trinajstić information content (AvgIpc) is 2.71. The first-order chi connectivity index (χ1) is 9.26. The topological polar surface area (TPSA) is 28.2 Å². The number of hydrogen-bond acceptors (Lipinski definition) is 4. The number of nitrogens with one attached hydrogen (secondary N) is 1. The van der Waals surface area contributed by atoms with Crippen molar-refractivity contribution in [2.45, 2.75) is 45.6 Å². The summed E-state index contributed by atoms with van der Waals surface area (Å²) in [7, 11) is 2.07. The van der Waals surface area contributed by atoms with E-state index in [-0.39, 0.29) is 0 Å². The van der Waals surface area contributed by atoms with Crippen molar-refractivity contribution in [3.05, 3.63) is 16.1 Å². The number of nitrogens with zero attached hydrogens (tertiary/aromatic N) is 2. The second kappa shape index (κ2) is 7.36. The predicted octanol–water partition coefficient (Wildman–Crippen LogP) is 3.22. The summed E-state index contributed by atoms with van der Waals surface area (Å²) in [4.78, 5) is 7.46. The van der Waals surface area contributed by atoms with Gasteiger partial charge >= 0.3 is 0 Å². The molecule has 1 saturated heterocycles. The summed E-state index contributed by atoms with van der Waals surface area (Å²) >= 11 is 1.84. The first kappa shape index (κ1) is 14.9. The van der Waals surface area contributed by atoms with Gasteiger partial charge in [0.2, 0.25) is 0 Å². The third kappa shape index (κ3) is 3.77. The summed E-state index contributed by atoms with van der Waals surface area (Å²) < 4.78 is 0. The number of thiazole rings is 1. The van der Waals surface area contributed by atoms with Crippen molar-refractivity contribution in [1.29, 1.82) is 0 Å². The van der Waals surface area contributed by atoms with Gasteiger partial charge in [-0.2, -0.15) is 0 Å². The van der Waals surface area contributed by atoms with Crippen LogP contribution in [0.15, 0.2) is 5.38 Å². The van der Waals surface area contributed by atoms with Crippen LogP contribution in [-0.2, 0) is 0 Å². The molecule has 2 unspecified atom stereocenters. The lowest BCUT2D eigenvalue weighted by Crippen LogP contribution is -2.36. The molecule has 2 rings (SSSR count). The van der Waals surface area contributed by atoms with Gasteiger partial charge in [0.15, 0.2) is 0 Å². The van der Waals surface area contributed by atoms with E-state index in [2.05, 4.69) is 36.5 Å². The standard InChI is InChI=1S/C15H27N3S/c1-4-8-18-9-6-5-7-13(10-16-3)14(18)15-17-12(2)11-19-15/h11,13-14,16H,4-10H2,1-3H3. The highest BCUT2D eigenvalue weighted by Crippen LogP contribution is 2.36. The number of hydrogen-bond donors (Lipinski definition) is 1. The monoisotopic (exact) mass is 281 g/mol. The SMILES string of the molecule is CCCN1CCCCC(CNC)C1c1nc(C)cs1. The molecule has 0 bridgehead atoms. The van der Waals surface area contributed by atoms with Crippen LogP contribution in [0.4, 0.5) is 0 Å². The molecule has 1 aromatic heterocycles. The van der Waals surface area contributed by atoms with Gasteiger partial charge in [-0.25, -0.2) is 4.98 Å². The largest absolute Gasteiger partial charge is 0.319 e. The van der Waals surface area contributed by atoms with Crippen LogP contribution in [0.1, 0.15) is 49.4 Å². The smallest absolute Gasteiger partial charge is 0.110 e. The number of aryl methyl sites for hydroxylation is 1. The Balaban J connectivity index is 2.25. The van der Waals surface area contributed by atoms with Gasteiger partial charge in [-0.1, -0.05) is 13.3 Å². The van der Waals surface area contributed by atoms with E-state index in [1.807, 2.05) is 11.3 Å². The van der Waals surface area contributed by atoms with Gasteiger partial charge in [0.25, 0.3) is 0 Å². The summed E-state index contributed by atoms with van der Waals surface area (Å²) in [6.45, 7) is 7.92. The van der Waals surface area contributed by atoms with Crippen molar-refractivity contribution in [2.24, 2.45) is 5.92 Å². The summed E-state index contributed by atoms with van der Waals surface area (Å²) in [5.41, 5.74) is 1.17. The lowest BCUT2D eigenvalue weighted by Gasteiger charge is -2.33. The Morgan fingerprint density at radius 1 is 1.47 bits per heavy atom. The zero-order chi connectivity index (χ0) is 13.7. The highest BCUT2D eigenvalue weighted by Gasteiger charge is 2.32. The Bertz CT molecular complexity index is 361. The predicted molar refractivity (Wildman–Crippen MR) is 82.7 cm³/mol. The first-order valence-corrected chi connectivity index (χ1v) is 8.45. The number of aromatic nitrogens is 1. The molecule has 1 N–H and O–H groups in total. The van der Waals surface area contributed by atoms with Crippen LogP contribution >= 0.6 is 11.3 Å². The maximum absolute atomic E-state index is 4.79. The molecule has 3 nitrogen and oxygen atoms in total. The minimum Gasteiger partial charge on any atom is -0.319 e. The lowest BCUT2D eigenvalue weighted by atomic mass is 9.94. The van der Waals surface area contributed by atoms with Gasteiger partial charge in [0.1, 0.15) is 5.01 Å². The summed E-state index contributed by atoms with van der Waals surface area (Å²) in [6.07, 6.45) is 5.24. The van der Waals surface area contributed by atoms with Crippen molar-refractivity contribution in [2.75, 3.05) is 26.7 Å². The normalized spacial score (nSPS) is 25.4. The van der Waals surface area contributed by atoms with Crippen molar-refractivity contribution in [1.82, 2.24) is 15.2 Å². The molecule has 0 radical (unpaired) electrons. The summed E-state index contributed by atoms with van der Waals surface area (Å²) in [6, 6.07) is 0.522. The van der Waals surface area contributed by atoms with Gasteiger partial charge in [-0.05, 0) is 58.8 Å². The highest BCUT2D eigenvalue weighted by molar-refractivity contribution is 7.09. The summed E-state index contributed by atoms with van der Waals surface area (Å²) in [5, 5.41) is 6.91. The first-order valence-electron chi connectivity index (χ1n) is 7.57. The van der Waals surface area contributed by atoms with Crippen LogP contribution in [0, 0.1) is 12.8 Å². The Hall–Kier alpha value is -0.450. The third-order valence-electron chi connectivity index (χ3n) is 3.98. The zero-order valence-electron chi connectivity index (χ0n) is 12.5. The molecule has 2 heterocycles. The van der Waals surface area contributed by atoms with Gasteiger partial charge in [0.05, 0.1) is 6.04 Å². The van der Waals surface area contributed by atoms with Crippen LogP contribution < -0.4 is 5.32 Å². The quantitative estimate of drug-likeness (QED) is 0.898. The molecule has 108 valence electrons. The molecule has 1 aliphatic heterocycles. The molecule has 4 heteroatoms. The fraction of sp³-hybridized carbons (Fsp3) is 0.800. The van der Waals surface area contributed by atoms with Crippen molar-refractivity contribution in [3.63, 3.8) is 0 Å². The highest BCUT2D eigenvalue weighted by atomic mass is 32.1. The van der Waals surface area contributed by atoms with Gasteiger partial charge < -0.3 is 5.32 Å². The number of rotatable bonds is 5. The lowest BCUT2D eigenvalue weighted by molar-refractivity contribution is 0.154. The molecular formula is C15H27N3S. The maximum atomic E-state index is 4.79. The van der Waals surface area contributed by atoms with E-state index in [0.29, 0.717) is 12.0 Å². The number of likely N-dealkylation sites (tertiary alicyclic amines) is 1. The van der Waals surface area contributed by atoms with E-state index in [1.165, 1.54) is 49.5 Å². The van der Waals surface area contributed by atoms with E-state index in [9.17, 15) is 0 Å². The van der Waals surface area contributed by atoms with Gasteiger partial charge in [0, 0.05) is 11.1 Å². The molecule has 1 aliphatic rings. The molecule has 2 atom stereocenters. The molecule has 0 amide bonds. The average molecular weight is 281 g/mol.